The molecule has 90 valence electrons. The number of hydrogen-bond acceptors (Lipinski definition) is 1. The van der Waals surface area contributed by atoms with Crippen molar-refractivity contribution in [1.82, 2.24) is 5.32 Å². The van der Waals surface area contributed by atoms with E-state index in [-0.39, 0.29) is 11.4 Å². The molecule has 0 heterocycles. The summed E-state index contributed by atoms with van der Waals surface area (Å²) in [4.78, 5) is 11.8. The smallest absolute Gasteiger partial charge is 0.220 e. The standard InChI is InChI=1S/C13H27NO/c1-6-9-13(5,8-3)14-12(15)10-11(4)7-2/h11H,6-10H2,1-5H3,(H,14,15). The lowest BCUT2D eigenvalue weighted by Crippen LogP contribution is -2.45. The normalized spacial score (nSPS) is 16.9. The second kappa shape index (κ2) is 6.86. The number of hydrogen-bond donors (Lipinski definition) is 1. The summed E-state index contributed by atoms with van der Waals surface area (Å²) < 4.78 is 0. The molecule has 15 heavy (non-hydrogen) atoms. The van der Waals surface area contributed by atoms with Gasteiger partial charge >= 0.3 is 0 Å². The molecular formula is C13H27NO. The Kier molecular flexibility index (Phi) is 6.62. The van der Waals surface area contributed by atoms with Crippen molar-refractivity contribution in [2.75, 3.05) is 0 Å². The highest BCUT2D eigenvalue weighted by Crippen LogP contribution is 2.17. The molecule has 2 heteroatoms. The summed E-state index contributed by atoms with van der Waals surface area (Å²) in [5.74, 6) is 0.704. The van der Waals surface area contributed by atoms with Gasteiger partial charge in [-0.05, 0) is 25.7 Å². The lowest BCUT2D eigenvalue weighted by atomic mass is 9.92. The summed E-state index contributed by atoms with van der Waals surface area (Å²) in [6.45, 7) is 10.7. The SMILES string of the molecule is CCCC(C)(CC)NC(=O)CC(C)CC. The molecule has 0 aromatic rings. The number of amides is 1. The van der Waals surface area contributed by atoms with Gasteiger partial charge in [0, 0.05) is 12.0 Å². The zero-order valence-electron chi connectivity index (χ0n) is 11.0. The van der Waals surface area contributed by atoms with Crippen LogP contribution in [0.2, 0.25) is 0 Å². The molecule has 0 rings (SSSR count). The Morgan fingerprint density at radius 1 is 1.33 bits per heavy atom. The molecule has 0 fully saturated rings. The van der Waals surface area contributed by atoms with Crippen LogP contribution >= 0.6 is 0 Å². The van der Waals surface area contributed by atoms with Crippen LogP contribution in [0, 0.1) is 5.92 Å². The van der Waals surface area contributed by atoms with Crippen molar-refractivity contribution < 1.29 is 4.79 Å². The number of nitrogens with one attached hydrogen (secondary N) is 1. The lowest BCUT2D eigenvalue weighted by Gasteiger charge is -2.29. The summed E-state index contributed by atoms with van der Waals surface area (Å²) in [6.07, 6.45) is 4.93. The van der Waals surface area contributed by atoms with Crippen LogP contribution < -0.4 is 5.32 Å². The fraction of sp³-hybridized carbons (Fsp3) is 0.923. The van der Waals surface area contributed by atoms with E-state index in [4.69, 9.17) is 0 Å². The molecule has 0 aliphatic carbocycles. The molecular weight excluding hydrogens is 186 g/mol. The van der Waals surface area contributed by atoms with E-state index in [9.17, 15) is 4.79 Å². The van der Waals surface area contributed by atoms with Gasteiger partial charge in [0.1, 0.15) is 0 Å². The zero-order valence-corrected chi connectivity index (χ0v) is 11.0. The summed E-state index contributed by atoms with van der Waals surface area (Å²) in [5, 5.41) is 3.17. The molecule has 0 bridgehead atoms. The van der Waals surface area contributed by atoms with Crippen molar-refractivity contribution in [2.24, 2.45) is 5.92 Å². The van der Waals surface area contributed by atoms with Crippen LogP contribution in [0.5, 0.6) is 0 Å². The first kappa shape index (κ1) is 14.5. The quantitative estimate of drug-likeness (QED) is 0.689. The molecule has 2 nitrogen and oxygen atoms in total. The van der Waals surface area contributed by atoms with Crippen LogP contribution in [-0.4, -0.2) is 11.4 Å². The van der Waals surface area contributed by atoms with E-state index >= 15 is 0 Å². The van der Waals surface area contributed by atoms with E-state index in [1.165, 1.54) is 0 Å². The average Bonchev–Trinajstić information content (AvgIpc) is 2.17. The molecule has 0 aliphatic rings. The third-order valence-electron chi connectivity index (χ3n) is 3.25. The van der Waals surface area contributed by atoms with Gasteiger partial charge in [-0.25, -0.2) is 0 Å². The molecule has 1 amide bonds. The topological polar surface area (TPSA) is 29.1 Å². The van der Waals surface area contributed by atoms with Gasteiger partial charge in [-0.2, -0.15) is 0 Å². The minimum absolute atomic E-state index is 0.000700. The molecule has 1 N–H and O–H groups in total. The van der Waals surface area contributed by atoms with E-state index in [0.29, 0.717) is 12.3 Å². The van der Waals surface area contributed by atoms with Gasteiger partial charge in [-0.3, -0.25) is 4.79 Å². The zero-order chi connectivity index (χ0) is 11.9. The van der Waals surface area contributed by atoms with E-state index in [2.05, 4.69) is 39.9 Å². The first-order valence-corrected chi connectivity index (χ1v) is 6.28. The van der Waals surface area contributed by atoms with Gasteiger partial charge in [0.25, 0.3) is 0 Å². The summed E-state index contributed by atoms with van der Waals surface area (Å²) in [6, 6.07) is 0. The van der Waals surface area contributed by atoms with Crippen molar-refractivity contribution in [1.29, 1.82) is 0 Å². The second-order valence-corrected chi connectivity index (χ2v) is 4.93. The predicted molar refractivity (Wildman–Crippen MR) is 65.8 cm³/mol. The van der Waals surface area contributed by atoms with Crippen molar-refractivity contribution in [3.8, 4) is 0 Å². The van der Waals surface area contributed by atoms with E-state index in [0.717, 1.165) is 25.7 Å². The number of rotatable bonds is 7. The van der Waals surface area contributed by atoms with Crippen LogP contribution in [0.1, 0.15) is 66.7 Å². The second-order valence-electron chi connectivity index (χ2n) is 4.93. The molecule has 0 radical (unpaired) electrons. The van der Waals surface area contributed by atoms with Gasteiger partial charge in [0.15, 0.2) is 0 Å². The average molecular weight is 213 g/mol. The monoisotopic (exact) mass is 213 g/mol. The maximum absolute atomic E-state index is 11.8. The molecule has 0 aromatic heterocycles. The van der Waals surface area contributed by atoms with Crippen molar-refractivity contribution in [3.63, 3.8) is 0 Å². The van der Waals surface area contributed by atoms with Crippen molar-refractivity contribution >= 4 is 5.91 Å². The van der Waals surface area contributed by atoms with Gasteiger partial charge in [0.2, 0.25) is 5.91 Å². The Morgan fingerprint density at radius 3 is 2.33 bits per heavy atom. The van der Waals surface area contributed by atoms with Crippen molar-refractivity contribution in [3.05, 3.63) is 0 Å². The van der Waals surface area contributed by atoms with Gasteiger partial charge in [0.05, 0.1) is 0 Å². The summed E-state index contributed by atoms with van der Waals surface area (Å²) >= 11 is 0. The van der Waals surface area contributed by atoms with Gasteiger partial charge < -0.3 is 5.32 Å². The number of carbonyl (C=O) groups is 1. The Bertz CT molecular complexity index is 191. The summed E-state index contributed by atoms with van der Waals surface area (Å²) in [5.41, 5.74) is -0.000700. The Hall–Kier alpha value is -0.530. The predicted octanol–water partition coefficient (Wildman–Crippen LogP) is 3.51. The highest BCUT2D eigenvalue weighted by molar-refractivity contribution is 5.76. The van der Waals surface area contributed by atoms with Crippen LogP contribution in [-0.2, 0) is 4.79 Å². The maximum atomic E-state index is 11.8. The Labute approximate surface area is 94.8 Å². The molecule has 0 saturated heterocycles. The highest BCUT2D eigenvalue weighted by Gasteiger charge is 2.23. The fourth-order valence-electron chi connectivity index (χ4n) is 1.73. The van der Waals surface area contributed by atoms with Crippen molar-refractivity contribution in [2.45, 2.75) is 72.3 Å². The number of carbonyl (C=O) groups excluding carboxylic acids is 1. The van der Waals surface area contributed by atoms with Gasteiger partial charge in [-0.1, -0.05) is 40.5 Å². The highest BCUT2D eigenvalue weighted by atomic mass is 16.1. The first-order chi connectivity index (χ1) is 6.97. The largest absolute Gasteiger partial charge is 0.351 e. The molecule has 2 unspecified atom stereocenters. The van der Waals surface area contributed by atoms with Crippen LogP contribution in [0.4, 0.5) is 0 Å². The fourth-order valence-corrected chi connectivity index (χ4v) is 1.73. The Balaban J connectivity index is 4.12. The van der Waals surface area contributed by atoms with Crippen LogP contribution in [0.15, 0.2) is 0 Å². The molecule has 0 saturated carbocycles. The molecule has 0 aliphatic heterocycles. The van der Waals surface area contributed by atoms with Gasteiger partial charge in [-0.15, -0.1) is 0 Å². The van der Waals surface area contributed by atoms with E-state index < -0.39 is 0 Å². The summed E-state index contributed by atoms with van der Waals surface area (Å²) in [7, 11) is 0. The van der Waals surface area contributed by atoms with Crippen LogP contribution in [0.3, 0.4) is 0 Å². The minimum atomic E-state index is -0.000700. The third-order valence-corrected chi connectivity index (χ3v) is 3.25. The lowest BCUT2D eigenvalue weighted by molar-refractivity contribution is -0.123. The molecule has 0 aromatic carbocycles. The van der Waals surface area contributed by atoms with E-state index in [1.54, 1.807) is 0 Å². The molecule has 2 atom stereocenters. The maximum Gasteiger partial charge on any atom is 0.220 e. The third kappa shape index (κ3) is 5.81. The van der Waals surface area contributed by atoms with E-state index in [1.807, 2.05) is 0 Å². The minimum Gasteiger partial charge on any atom is -0.351 e. The molecule has 0 spiro atoms. The Morgan fingerprint density at radius 2 is 1.93 bits per heavy atom. The van der Waals surface area contributed by atoms with Crippen LogP contribution in [0.25, 0.3) is 0 Å². The first-order valence-electron chi connectivity index (χ1n) is 6.28.